The number of anilines is 1. The summed E-state index contributed by atoms with van der Waals surface area (Å²) in [6, 6.07) is 7.52. The van der Waals surface area contributed by atoms with Gasteiger partial charge in [-0.15, -0.1) is 11.3 Å². The zero-order chi connectivity index (χ0) is 21.8. The second kappa shape index (κ2) is 9.78. The molecule has 3 aromatic rings. The van der Waals surface area contributed by atoms with Gasteiger partial charge in [0, 0.05) is 31.6 Å². The van der Waals surface area contributed by atoms with Crippen molar-refractivity contribution in [1.29, 1.82) is 0 Å². The Labute approximate surface area is 190 Å². The molecular weight excluding hydrogens is 428 g/mol. The van der Waals surface area contributed by atoms with Gasteiger partial charge in [0.05, 0.1) is 16.6 Å². The van der Waals surface area contributed by atoms with Gasteiger partial charge < -0.3 is 0 Å². The van der Waals surface area contributed by atoms with Crippen molar-refractivity contribution in [1.82, 2.24) is 14.5 Å². The van der Waals surface area contributed by atoms with Crippen molar-refractivity contribution in [3.8, 4) is 0 Å². The number of aromatic nitrogens is 3. The van der Waals surface area contributed by atoms with E-state index in [9.17, 15) is 9.59 Å². The number of thiazole rings is 1. The van der Waals surface area contributed by atoms with Crippen molar-refractivity contribution >= 4 is 45.0 Å². The number of para-hydroxylation sites is 1. The van der Waals surface area contributed by atoms with Gasteiger partial charge in [-0.25, -0.2) is 9.97 Å². The highest BCUT2D eigenvalue weighted by molar-refractivity contribution is 7.98. The normalized spacial score (nSPS) is 13.9. The van der Waals surface area contributed by atoms with E-state index in [1.54, 1.807) is 11.9 Å². The van der Waals surface area contributed by atoms with Crippen LogP contribution in [0.4, 0.5) is 5.13 Å². The molecule has 0 atom stereocenters. The Hall–Kier alpha value is -2.45. The number of benzene rings is 1. The fraction of sp³-hybridized carbons (Fsp3) is 0.391. The van der Waals surface area contributed by atoms with Crippen LogP contribution < -0.4 is 10.5 Å². The molecule has 4 rings (SSSR count). The third-order valence-corrected chi connectivity index (χ3v) is 7.49. The molecule has 0 spiro atoms. The molecule has 0 radical (unpaired) electrons. The molecule has 0 fully saturated rings. The molecule has 162 valence electrons. The number of amides is 1. The summed E-state index contributed by atoms with van der Waals surface area (Å²) in [6.07, 6.45) is 7.98. The Kier molecular flexibility index (Phi) is 6.87. The van der Waals surface area contributed by atoms with E-state index in [0.717, 1.165) is 35.6 Å². The van der Waals surface area contributed by atoms with Gasteiger partial charge in [0.2, 0.25) is 5.91 Å². The van der Waals surface area contributed by atoms with Crippen LogP contribution in [-0.4, -0.2) is 27.5 Å². The van der Waals surface area contributed by atoms with Crippen LogP contribution in [0.25, 0.3) is 10.9 Å². The molecule has 1 aliphatic carbocycles. The molecule has 1 amide bonds. The molecule has 1 aromatic carbocycles. The first-order valence-electron chi connectivity index (χ1n) is 10.5. The Bertz CT molecular complexity index is 1180. The first-order chi connectivity index (χ1) is 15.0. The summed E-state index contributed by atoms with van der Waals surface area (Å²) in [7, 11) is 1.72. The lowest BCUT2D eigenvalue weighted by Crippen LogP contribution is -2.24. The predicted molar refractivity (Wildman–Crippen MR) is 128 cm³/mol. The van der Waals surface area contributed by atoms with Gasteiger partial charge in [0.1, 0.15) is 0 Å². The zero-order valence-electron chi connectivity index (χ0n) is 17.8. The minimum Gasteiger partial charge on any atom is -0.292 e. The number of hydrogen-bond donors (Lipinski definition) is 0. The number of allylic oxidation sites excluding steroid dienone is 2. The fourth-order valence-corrected chi connectivity index (χ4v) is 5.49. The second-order valence-electron chi connectivity index (χ2n) is 7.71. The monoisotopic (exact) mass is 454 g/mol. The zero-order valence-corrected chi connectivity index (χ0v) is 19.5. The maximum Gasteiger partial charge on any atom is 0.262 e. The molecule has 2 aromatic heterocycles. The third kappa shape index (κ3) is 5.07. The number of thioether (sulfide) groups is 1. The Morgan fingerprint density at radius 2 is 2.10 bits per heavy atom. The van der Waals surface area contributed by atoms with Crippen molar-refractivity contribution in [2.45, 2.75) is 56.5 Å². The summed E-state index contributed by atoms with van der Waals surface area (Å²) in [5.41, 5.74) is 3.05. The molecule has 2 heterocycles. The average Bonchev–Trinajstić information content (AvgIpc) is 3.26. The quantitative estimate of drug-likeness (QED) is 0.285. The van der Waals surface area contributed by atoms with E-state index in [2.05, 4.69) is 11.1 Å². The third-order valence-electron chi connectivity index (χ3n) is 5.52. The molecule has 6 nitrogen and oxygen atoms in total. The first kappa shape index (κ1) is 21.8. The fourth-order valence-electron chi connectivity index (χ4n) is 3.63. The van der Waals surface area contributed by atoms with Crippen molar-refractivity contribution in [3.63, 3.8) is 0 Å². The van der Waals surface area contributed by atoms with Crippen molar-refractivity contribution in [2.24, 2.45) is 0 Å². The van der Waals surface area contributed by atoms with Gasteiger partial charge in [-0.3, -0.25) is 19.1 Å². The maximum absolute atomic E-state index is 13.2. The van der Waals surface area contributed by atoms with Gasteiger partial charge in [0.25, 0.3) is 5.56 Å². The highest BCUT2D eigenvalue weighted by Crippen LogP contribution is 2.27. The number of fused-ring (bicyclic) bond motifs is 1. The minimum atomic E-state index is -0.0457. The van der Waals surface area contributed by atoms with Crippen LogP contribution in [0.1, 0.15) is 44.7 Å². The van der Waals surface area contributed by atoms with Crippen molar-refractivity contribution in [2.75, 3.05) is 11.9 Å². The largest absolute Gasteiger partial charge is 0.292 e. The van der Waals surface area contributed by atoms with E-state index in [4.69, 9.17) is 4.98 Å². The number of carbonyl (C=O) groups excluding carboxylic acids is 1. The topological polar surface area (TPSA) is 68.1 Å². The second-order valence-corrected chi connectivity index (χ2v) is 9.49. The first-order valence-corrected chi connectivity index (χ1v) is 12.4. The van der Waals surface area contributed by atoms with Crippen LogP contribution in [0, 0.1) is 0 Å². The van der Waals surface area contributed by atoms with Gasteiger partial charge in [0.15, 0.2) is 10.3 Å². The summed E-state index contributed by atoms with van der Waals surface area (Å²) < 4.78 is 1.82. The molecule has 1 aliphatic rings. The van der Waals surface area contributed by atoms with E-state index in [1.165, 1.54) is 48.4 Å². The smallest absolute Gasteiger partial charge is 0.262 e. The summed E-state index contributed by atoms with van der Waals surface area (Å²) in [4.78, 5) is 35.7. The van der Waals surface area contributed by atoms with Gasteiger partial charge in [-0.05, 0) is 44.2 Å². The lowest BCUT2D eigenvalue weighted by molar-refractivity contribution is -0.116. The highest BCUT2D eigenvalue weighted by atomic mass is 32.2. The Morgan fingerprint density at radius 1 is 1.26 bits per heavy atom. The summed E-state index contributed by atoms with van der Waals surface area (Å²) in [5.74, 6) is 0.547. The predicted octanol–water partition coefficient (Wildman–Crippen LogP) is 5.02. The van der Waals surface area contributed by atoms with Crippen LogP contribution in [0.15, 0.2) is 51.2 Å². The van der Waals surface area contributed by atoms with E-state index >= 15 is 0 Å². The van der Waals surface area contributed by atoms with Crippen LogP contribution in [0.2, 0.25) is 0 Å². The van der Waals surface area contributed by atoms with Gasteiger partial charge in [-0.2, -0.15) is 0 Å². The Balaban J connectivity index is 1.58. The molecule has 0 saturated carbocycles. The van der Waals surface area contributed by atoms with Crippen molar-refractivity contribution < 1.29 is 4.79 Å². The van der Waals surface area contributed by atoms with E-state index < -0.39 is 0 Å². The molecule has 0 aliphatic heterocycles. The SMILES string of the molecule is CC(=O)N(C)c1nc(CSc2nc3ccccc3c(=O)n2CCC2=CCCCC2)cs1. The average molecular weight is 455 g/mol. The molecule has 0 saturated heterocycles. The van der Waals surface area contributed by atoms with Gasteiger partial charge in [-0.1, -0.05) is 35.5 Å². The number of rotatable bonds is 7. The molecule has 31 heavy (non-hydrogen) atoms. The maximum atomic E-state index is 13.2. The molecule has 8 heteroatoms. The summed E-state index contributed by atoms with van der Waals surface area (Å²) in [5, 5.41) is 4.01. The highest BCUT2D eigenvalue weighted by Gasteiger charge is 2.15. The Morgan fingerprint density at radius 3 is 2.87 bits per heavy atom. The molecular formula is C23H26N4O2S2. The molecule has 0 N–H and O–H groups in total. The molecule has 0 bridgehead atoms. The van der Waals surface area contributed by atoms with Crippen molar-refractivity contribution in [3.05, 3.63) is 57.3 Å². The lowest BCUT2D eigenvalue weighted by atomic mass is 9.97. The number of nitrogens with zero attached hydrogens (tertiary/aromatic N) is 4. The van der Waals surface area contributed by atoms with Crippen LogP contribution in [0.5, 0.6) is 0 Å². The number of carbonyl (C=O) groups is 1. The summed E-state index contributed by atoms with van der Waals surface area (Å²) in [6.45, 7) is 2.16. The molecule has 0 unspecified atom stereocenters. The van der Waals surface area contributed by atoms with Crippen LogP contribution in [0.3, 0.4) is 0 Å². The minimum absolute atomic E-state index is 0.0137. The van der Waals surface area contributed by atoms with E-state index in [1.807, 2.05) is 34.2 Å². The van der Waals surface area contributed by atoms with Crippen LogP contribution in [-0.2, 0) is 17.1 Å². The van der Waals surface area contributed by atoms with E-state index in [-0.39, 0.29) is 11.5 Å². The summed E-state index contributed by atoms with van der Waals surface area (Å²) >= 11 is 2.97. The number of hydrogen-bond acceptors (Lipinski definition) is 6. The standard InChI is InChI=1S/C23H26N4O2S2/c1-16(28)26(2)22-24-18(14-30-22)15-31-23-25-20-11-7-6-10-19(20)21(29)27(23)13-12-17-8-4-3-5-9-17/h6-8,10-11,14H,3-5,9,12-13,15H2,1-2H3. The van der Waals surface area contributed by atoms with Crippen LogP contribution >= 0.6 is 23.1 Å². The lowest BCUT2D eigenvalue weighted by Gasteiger charge is -2.16. The van der Waals surface area contributed by atoms with Gasteiger partial charge >= 0.3 is 0 Å². The van der Waals surface area contributed by atoms with E-state index in [0.29, 0.717) is 22.8 Å².